The topological polar surface area (TPSA) is 46.1 Å². The van der Waals surface area contributed by atoms with Gasteiger partial charge in [-0.1, -0.05) is 116 Å². The molecular weight excluding hydrogens is 505 g/mol. The zero-order chi connectivity index (χ0) is 22.8. The molecule has 0 aromatic heterocycles. The molecular formula is C26H45O2PS2Zn. The fourth-order valence-electron chi connectivity index (χ4n) is 4.11. The van der Waals surface area contributed by atoms with E-state index in [1.165, 1.54) is 107 Å². The summed E-state index contributed by atoms with van der Waals surface area (Å²) in [5.74, 6) is 0. The van der Waals surface area contributed by atoms with E-state index >= 15 is 0 Å². The Labute approximate surface area is 220 Å². The summed E-state index contributed by atoms with van der Waals surface area (Å²) in [6, 6.07) is 6.34. The second-order valence-corrected chi connectivity index (χ2v) is 14.6. The van der Waals surface area contributed by atoms with Crippen LogP contribution in [0.1, 0.15) is 128 Å². The normalized spacial score (nSPS) is 11.5. The van der Waals surface area contributed by atoms with Crippen molar-refractivity contribution in [2.45, 2.75) is 134 Å². The molecule has 1 aromatic carbocycles. The first-order valence-electron chi connectivity index (χ1n) is 12.8. The summed E-state index contributed by atoms with van der Waals surface area (Å²) in [7, 11) is 0. The van der Waals surface area contributed by atoms with Crippen LogP contribution < -0.4 is 9.79 Å². The molecule has 180 valence electrons. The SMILES string of the molecule is CCCCCCCCCCc1ccc(SP([O-])([O-])=S)c(CCCCCCCCCC)c1.[Zn+2]. The molecule has 2 nitrogen and oxygen atoms in total. The zero-order valence-electron chi connectivity index (χ0n) is 20.7. The van der Waals surface area contributed by atoms with E-state index in [4.69, 9.17) is 0 Å². The fraction of sp³-hybridized carbons (Fsp3) is 0.769. The third kappa shape index (κ3) is 18.1. The summed E-state index contributed by atoms with van der Waals surface area (Å²) >= 11 is 5.53. The molecule has 0 unspecified atom stereocenters. The number of unbranched alkanes of at least 4 members (excludes halogenated alkanes) is 14. The summed E-state index contributed by atoms with van der Waals surface area (Å²) in [5, 5.41) is 0. The standard InChI is InChI=1S/C26H47O2PS2.Zn/c1-3-5-7-9-11-13-15-17-19-24-21-22-26(31-29(27,28)30)25(23-24)20-18-16-14-12-10-8-6-4-2;/h21-23H,3-20H2,1-2H3,(H2,27,28,30);/q;+2/p-2. The van der Waals surface area contributed by atoms with Crippen LogP contribution >= 0.6 is 17.1 Å². The van der Waals surface area contributed by atoms with Gasteiger partial charge in [0.2, 0.25) is 0 Å². The summed E-state index contributed by atoms with van der Waals surface area (Å²) in [6.07, 6.45) is 23.0. The first-order valence-corrected chi connectivity index (χ1v) is 16.9. The average molecular weight is 550 g/mol. The van der Waals surface area contributed by atoms with Crippen molar-refractivity contribution in [1.29, 1.82) is 0 Å². The van der Waals surface area contributed by atoms with Gasteiger partial charge in [-0.05, 0) is 42.9 Å². The average Bonchev–Trinajstić information content (AvgIpc) is 2.72. The molecule has 0 aliphatic heterocycles. The van der Waals surface area contributed by atoms with Gasteiger partial charge in [-0.3, -0.25) is 0 Å². The molecule has 0 fully saturated rings. The molecule has 0 N–H and O–H groups in total. The Balaban J connectivity index is 0.00000961. The third-order valence-corrected chi connectivity index (χ3v) is 8.70. The van der Waals surface area contributed by atoms with Crippen LogP contribution in [0.2, 0.25) is 0 Å². The molecule has 0 spiro atoms. The summed E-state index contributed by atoms with van der Waals surface area (Å²) in [4.78, 5) is 24.2. The van der Waals surface area contributed by atoms with E-state index in [1.807, 2.05) is 6.07 Å². The van der Waals surface area contributed by atoms with Gasteiger partial charge in [-0.25, -0.2) is 0 Å². The van der Waals surface area contributed by atoms with Gasteiger partial charge in [0.05, 0.1) is 0 Å². The van der Waals surface area contributed by atoms with Gasteiger partial charge in [-0.2, -0.15) is 5.69 Å². The molecule has 1 aromatic rings. The van der Waals surface area contributed by atoms with Crippen LogP contribution in [0.5, 0.6) is 0 Å². The van der Waals surface area contributed by atoms with E-state index in [2.05, 4.69) is 37.8 Å². The minimum Gasteiger partial charge on any atom is -0.824 e. The molecule has 0 saturated carbocycles. The van der Waals surface area contributed by atoms with Gasteiger partial charge >= 0.3 is 19.5 Å². The smallest absolute Gasteiger partial charge is 0.824 e. The molecule has 6 heteroatoms. The van der Waals surface area contributed by atoms with Crippen molar-refractivity contribution in [3.63, 3.8) is 0 Å². The Morgan fingerprint density at radius 3 is 1.59 bits per heavy atom. The predicted molar refractivity (Wildman–Crippen MR) is 139 cm³/mol. The number of aryl methyl sites for hydroxylation is 2. The molecule has 0 radical (unpaired) electrons. The van der Waals surface area contributed by atoms with Crippen molar-refractivity contribution in [3.05, 3.63) is 29.3 Å². The number of rotatable bonds is 20. The van der Waals surface area contributed by atoms with Crippen LogP contribution in [0.4, 0.5) is 0 Å². The van der Waals surface area contributed by atoms with E-state index < -0.39 is 5.69 Å². The van der Waals surface area contributed by atoms with Gasteiger partial charge in [0.25, 0.3) is 0 Å². The second-order valence-electron chi connectivity index (χ2n) is 8.93. The third-order valence-electron chi connectivity index (χ3n) is 5.95. The molecule has 0 aliphatic rings. The quantitative estimate of drug-likeness (QED) is 0.0936. The number of benzene rings is 1. The monoisotopic (exact) mass is 548 g/mol. The van der Waals surface area contributed by atoms with Crippen molar-refractivity contribution >= 4 is 28.9 Å². The molecule has 0 heterocycles. The summed E-state index contributed by atoms with van der Waals surface area (Å²) < 4.78 is 0. The van der Waals surface area contributed by atoms with E-state index in [9.17, 15) is 9.79 Å². The Kier molecular flexibility index (Phi) is 21.6. The van der Waals surface area contributed by atoms with Gasteiger partial charge in [0, 0.05) is 4.90 Å². The van der Waals surface area contributed by atoms with Crippen molar-refractivity contribution in [1.82, 2.24) is 0 Å². The molecule has 0 aliphatic carbocycles. The fourth-order valence-corrected chi connectivity index (χ4v) is 6.73. The minimum absolute atomic E-state index is 0. The van der Waals surface area contributed by atoms with Crippen LogP contribution in [-0.4, -0.2) is 0 Å². The Hall–Kier alpha value is 0.763. The first kappa shape index (κ1) is 32.8. The Bertz CT molecular complexity index is 622. The largest absolute Gasteiger partial charge is 2.00 e. The van der Waals surface area contributed by atoms with Crippen molar-refractivity contribution in [2.75, 3.05) is 0 Å². The maximum atomic E-state index is 11.7. The number of hydrogen-bond donors (Lipinski definition) is 0. The van der Waals surface area contributed by atoms with E-state index in [0.29, 0.717) is 0 Å². The van der Waals surface area contributed by atoms with Crippen molar-refractivity contribution in [3.8, 4) is 0 Å². The maximum Gasteiger partial charge on any atom is 2.00 e. The molecule has 32 heavy (non-hydrogen) atoms. The van der Waals surface area contributed by atoms with E-state index in [1.54, 1.807) is 0 Å². The predicted octanol–water partition coefficient (Wildman–Crippen LogP) is 8.09. The maximum absolute atomic E-state index is 11.7. The van der Waals surface area contributed by atoms with Crippen LogP contribution in [0, 0.1) is 0 Å². The molecule has 0 saturated heterocycles. The van der Waals surface area contributed by atoms with Crippen molar-refractivity contribution < 1.29 is 29.3 Å². The summed E-state index contributed by atoms with van der Waals surface area (Å²) in [5.41, 5.74) is -1.26. The van der Waals surface area contributed by atoms with Gasteiger partial charge in [0.15, 0.2) is 0 Å². The Morgan fingerprint density at radius 2 is 1.12 bits per heavy atom. The van der Waals surface area contributed by atoms with E-state index in [0.717, 1.165) is 35.5 Å². The van der Waals surface area contributed by atoms with Crippen molar-refractivity contribution in [2.24, 2.45) is 0 Å². The van der Waals surface area contributed by atoms with E-state index in [-0.39, 0.29) is 19.5 Å². The van der Waals surface area contributed by atoms with Gasteiger partial charge in [-0.15, -0.1) is 23.2 Å². The first-order chi connectivity index (χ1) is 15.0. The Morgan fingerprint density at radius 1 is 0.688 bits per heavy atom. The zero-order valence-corrected chi connectivity index (χ0v) is 26.2. The van der Waals surface area contributed by atoms with Gasteiger partial charge < -0.3 is 9.79 Å². The molecule has 0 atom stereocenters. The second kappa shape index (κ2) is 21.1. The molecule has 0 bridgehead atoms. The van der Waals surface area contributed by atoms with Crippen LogP contribution in [0.15, 0.2) is 23.1 Å². The van der Waals surface area contributed by atoms with Crippen LogP contribution in [-0.2, 0) is 44.1 Å². The van der Waals surface area contributed by atoms with Crippen LogP contribution in [0.25, 0.3) is 0 Å². The summed E-state index contributed by atoms with van der Waals surface area (Å²) in [6.45, 7) is 4.51. The number of hydrogen-bond acceptors (Lipinski definition) is 4. The minimum atomic E-state index is -3.78. The molecule has 1 rings (SSSR count). The molecule has 0 amide bonds. The van der Waals surface area contributed by atoms with Gasteiger partial charge in [0.1, 0.15) is 0 Å². The van der Waals surface area contributed by atoms with Crippen LogP contribution in [0.3, 0.4) is 0 Å².